The Bertz CT molecular complexity index is 340. The molecule has 0 saturated carbocycles. The molecule has 118 valence electrons. The molecule has 0 aromatic rings. The molecule has 0 radical (unpaired) electrons. The van der Waals surface area contributed by atoms with E-state index in [1.807, 2.05) is 48.5 Å². The summed E-state index contributed by atoms with van der Waals surface area (Å²) in [5.41, 5.74) is -0.0767. The second-order valence-corrected chi connectivity index (χ2v) is 7.77. The monoisotopic (exact) mass is 286 g/mol. The zero-order chi connectivity index (χ0) is 16.1. The van der Waals surface area contributed by atoms with Crippen molar-refractivity contribution in [2.45, 2.75) is 73.4 Å². The van der Waals surface area contributed by atoms with Crippen LogP contribution in [0.5, 0.6) is 0 Å². The van der Waals surface area contributed by atoms with Crippen LogP contribution in [0.15, 0.2) is 0 Å². The van der Waals surface area contributed by atoms with Crippen LogP contribution in [0.25, 0.3) is 0 Å². The Morgan fingerprint density at radius 1 is 1.05 bits per heavy atom. The van der Waals surface area contributed by atoms with E-state index in [0.29, 0.717) is 6.42 Å². The fraction of sp³-hybridized carbons (Fsp3) is 0.867. The van der Waals surface area contributed by atoms with Gasteiger partial charge in [-0.1, -0.05) is 41.5 Å². The van der Waals surface area contributed by atoms with Gasteiger partial charge < -0.3 is 15.7 Å². The highest BCUT2D eigenvalue weighted by molar-refractivity contribution is 5.76. The van der Waals surface area contributed by atoms with Crippen LogP contribution in [0.3, 0.4) is 0 Å². The summed E-state index contributed by atoms with van der Waals surface area (Å²) in [4.78, 5) is 22.8. The van der Waals surface area contributed by atoms with Gasteiger partial charge >= 0.3 is 12.0 Å². The zero-order valence-corrected chi connectivity index (χ0v) is 13.8. The number of hydrogen-bond donors (Lipinski definition) is 3. The van der Waals surface area contributed by atoms with Gasteiger partial charge in [0.05, 0.1) is 6.42 Å². The fourth-order valence-corrected chi connectivity index (χ4v) is 1.76. The maximum atomic E-state index is 12.0. The van der Waals surface area contributed by atoms with Crippen LogP contribution in [-0.2, 0) is 4.79 Å². The molecule has 0 fully saturated rings. The Labute approximate surface area is 122 Å². The Morgan fingerprint density at radius 3 is 1.90 bits per heavy atom. The largest absolute Gasteiger partial charge is 0.481 e. The minimum absolute atomic E-state index is 0.00242. The van der Waals surface area contributed by atoms with Crippen LogP contribution >= 0.6 is 0 Å². The van der Waals surface area contributed by atoms with Crippen molar-refractivity contribution in [3.05, 3.63) is 0 Å². The summed E-state index contributed by atoms with van der Waals surface area (Å²) < 4.78 is 0. The summed E-state index contributed by atoms with van der Waals surface area (Å²) in [6, 6.07) is -0.662. The lowest BCUT2D eigenvalue weighted by Crippen LogP contribution is -2.50. The average molecular weight is 286 g/mol. The lowest BCUT2D eigenvalue weighted by molar-refractivity contribution is -0.137. The Morgan fingerprint density at radius 2 is 1.55 bits per heavy atom. The van der Waals surface area contributed by atoms with Gasteiger partial charge in [-0.05, 0) is 24.2 Å². The van der Waals surface area contributed by atoms with Gasteiger partial charge in [0, 0.05) is 12.1 Å². The van der Waals surface area contributed by atoms with Crippen LogP contribution in [0.1, 0.15) is 61.3 Å². The van der Waals surface area contributed by atoms with Crippen molar-refractivity contribution in [2.24, 2.45) is 10.8 Å². The molecule has 0 aliphatic heterocycles. The third kappa shape index (κ3) is 8.77. The smallest absolute Gasteiger partial charge is 0.315 e. The van der Waals surface area contributed by atoms with E-state index in [1.165, 1.54) is 0 Å². The predicted octanol–water partition coefficient (Wildman–Crippen LogP) is 3.00. The molecule has 0 aliphatic rings. The number of amides is 2. The van der Waals surface area contributed by atoms with Gasteiger partial charge in [-0.2, -0.15) is 0 Å². The van der Waals surface area contributed by atoms with Gasteiger partial charge in [0.1, 0.15) is 0 Å². The molecular formula is C15H30N2O3. The van der Waals surface area contributed by atoms with E-state index in [2.05, 4.69) is 10.6 Å². The minimum atomic E-state index is -0.900. The van der Waals surface area contributed by atoms with Crippen molar-refractivity contribution >= 4 is 12.0 Å². The number of carboxylic acids is 1. The zero-order valence-electron chi connectivity index (χ0n) is 13.8. The number of aliphatic carboxylic acids is 1. The second kappa shape index (κ2) is 6.95. The van der Waals surface area contributed by atoms with Gasteiger partial charge in [0.15, 0.2) is 0 Å². The van der Waals surface area contributed by atoms with Crippen LogP contribution in [-0.4, -0.2) is 29.2 Å². The molecule has 5 nitrogen and oxygen atoms in total. The van der Waals surface area contributed by atoms with Crippen molar-refractivity contribution in [3.63, 3.8) is 0 Å². The molecule has 2 unspecified atom stereocenters. The molecule has 0 saturated heterocycles. The molecule has 2 amide bonds. The first kappa shape index (κ1) is 18.7. The highest BCUT2D eigenvalue weighted by Crippen LogP contribution is 2.22. The lowest BCUT2D eigenvalue weighted by atomic mass is 9.87. The molecular weight excluding hydrogens is 256 g/mol. The second-order valence-electron chi connectivity index (χ2n) is 7.77. The van der Waals surface area contributed by atoms with Crippen molar-refractivity contribution < 1.29 is 14.7 Å². The fourth-order valence-electron chi connectivity index (χ4n) is 1.76. The first-order chi connectivity index (χ1) is 8.81. The molecule has 0 bridgehead atoms. The van der Waals surface area contributed by atoms with Crippen molar-refractivity contribution in [1.82, 2.24) is 10.6 Å². The molecule has 20 heavy (non-hydrogen) atoms. The van der Waals surface area contributed by atoms with E-state index in [-0.39, 0.29) is 35.4 Å². The topological polar surface area (TPSA) is 78.4 Å². The van der Waals surface area contributed by atoms with Gasteiger partial charge in [-0.3, -0.25) is 4.79 Å². The van der Waals surface area contributed by atoms with E-state index in [4.69, 9.17) is 5.11 Å². The van der Waals surface area contributed by atoms with E-state index >= 15 is 0 Å². The Balaban J connectivity index is 4.57. The average Bonchev–Trinajstić information content (AvgIpc) is 2.10. The van der Waals surface area contributed by atoms with E-state index in [9.17, 15) is 9.59 Å². The third-order valence-electron chi connectivity index (χ3n) is 3.26. The van der Waals surface area contributed by atoms with Crippen LogP contribution < -0.4 is 10.6 Å². The van der Waals surface area contributed by atoms with Gasteiger partial charge in [0.25, 0.3) is 0 Å². The molecule has 2 atom stereocenters. The first-order valence-corrected chi connectivity index (χ1v) is 7.10. The minimum Gasteiger partial charge on any atom is -0.481 e. The van der Waals surface area contributed by atoms with Crippen LogP contribution in [0, 0.1) is 10.8 Å². The summed E-state index contributed by atoms with van der Waals surface area (Å²) in [6.07, 6.45) is 0.561. The van der Waals surface area contributed by atoms with Gasteiger partial charge in [-0.25, -0.2) is 4.79 Å². The summed E-state index contributed by atoms with van der Waals surface area (Å²) in [5.74, 6) is -0.900. The van der Waals surface area contributed by atoms with Gasteiger partial charge in [-0.15, -0.1) is 0 Å². The summed E-state index contributed by atoms with van der Waals surface area (Å²) in [7, 11) is 0. The Kier molecular flexibility index (Phi) is 6.51. The summed E-state index contributed by atoms with van der Waals surface area (Å²) in [6.45, 7) is 14.2. The quantitative estimate of drug-likeness (QED) is 0.727. The highest BCUT2D eigenvalue weighted by Gasteiger charge is 2.25. The number of carboxylic acid groups (broad SMARTS) is 1. The van der Waals surface area contributed by atoms with Gasteiger partial charge in [0.2, 0.25) is 0 Å². The Hall–Kier alpha value is -1.26. The van der Waals surface area contributed by atoms with Crippen LogP contribution in [0.4, 0.5) is 4.79 Å². The predicted molar refractivity (Wildman–Crippen MR) is 80.7 cm³/mol. The molecule has 0 aliphatic carbocycles. The standard InChI is InChI=1S/C15H30N2O3/c1-10(15(5,6)7)16-13(20)17-11(8-12(18)19)9-14(2,3)4/h10-11H,8-9H2,1-7H3,(H,18,19)(H2,16,17,20). The number of urea groups is 1. The SMILES string of the molecule is CC(NC(=O)NC(CC(=O)O)CC(C)(C)C)C(C)(C)C. The summed E-state index contributed by atoms with van der Waals surface area (Å²) in [5, 5.41) is 14.6. The molecule has 0 rings (SSSR count). The molecule has 0 heterocycles. The molecule has 0 spiro atoms. The molecule has 0 aromatic heterocycles. The van der Waals surface area contributed by atoms with Crippen molar-refractivity contribution in [2.75, 3.05) is 0 Å². The number of nitrogens with one attached hydrogen (secondary N) is 2. The normalized spacial score (nSPS) is 15.3. The molecule has 5 heteroatoms. The molecule has 3 N–H and O–H groups in total. The lowest BCUT2D eigenvalue weighted by Gasteiger charge is -2.30. The third-order valence-corrected chi connectivity index (χ3v) is 3.26. The van der Waals surface area contributed by atoms with Crippen molar-refractivity contribution in [1.29, 1.82) is 0 Å². The van der Waals surface area contributed by atoms with E-state index in [1.54, 1.807) is 0 Å². The molecule has 0 aromatic carbocycles. The van der Waals surface area contributed by atoms with E-state index in [0.717, 1.165) is 0 Å². The maximum Gasteiger partial charge on any atom is 0.315 e. The number of carbonyl (C=O) groups excluding carboxylic acids is 1. The van der Waals surface area contributed by atoms with E-state index < -0.39 is 5.97 Å². The van der Waals surface area contributed by atoms with Crippen LogP contribution in [0.2, 0.25) is 0 Å². The number of hydrogen-bond acceptors (Lipinski definition) is 2. The summed E-state index contributed by atoms with van der Waals surface area (Å²) >= 11 is 0. The number of rotatable bonds is 5. The highest BCUT2D eigenvalue weighted by atomic mass is 16.4. The maximum absolute atomic E-state index is 12.0. The first-order valence-electron chi connectivity index (χ1n) is 7.10. The van der Waals surface area contributed by atoms with Crippen molar-refractivity contribution in [3.8, 4) is 0 Å². The number of carbonyl (C=O) groups is 2.